The van der Waals surface area contributed by atoms with Crippen LogP contribution < -0.4 is 9.64 Å². The molecule has 0 spiro atoms. The molecule has 0 aliphatic carbocycles. The van der Waals surface area contributed by atoms with Gasteiger partial charge < -0.3 is 14.2 Å². The van der Waals surface area contributed by atoms with Gasteiger partial charge in [-0.1, -0.05) is 12.1 Å². The van der Waals surface area contributed by atoms with Crippen LogP contribution in [0.2, 0.25) is 0 Å². The lowest BCUT2D eigenvalue weighted by atomic mass is 10.1. The molecule has 0 atom stereocenters. The number of pyridine rings is 1. The van der Waals surface area contributed by atoms with E-state index < -0.39 is 0 Å². The second kappa shape index (κ2) is 8.87. The summed E-state index contributed by atoms with van der Waals surface area (Å²) in [6, 6.07) is 9.91. The number of anilines is 1. The van der Waals surface area contributed by atoms with Crippen LogP contribution in [0.3, 0.4) is 0 Å². The summed E-state index contributed by atoms with van der Waals surface area (Å²) >= 11 is 0. The van der Waals surface area contributed by atoms with Crippen LogP contribution in [-0.4, -0.2) is 34.8 Å². The first kappa shape index (κ1) is 19.9. The molecule has 0 aliphatic rings. The number of aromatic nitrogens is 3. The zero-order valence-corrected chi connectivity index (χ0v) is 17.3. The van der Waals surface area contributed by atoms with Crippen molar-refractivity contribution in [3.8, 4) is 28.6 Å². The van der Waals surface area contributed by atoms with Crippen LogP contribution in [-0.2, 0) is 0 Å². The second-order valence-corrected chi connectivity index (χ2v) is 6.78. The molecule has 0 saturated heterocycles. The molecule has 1 aromatic carbocycles. The fourth-order valence-electron chi connectivity index (χ4n) is 3.13. The normalized spacial score (nSPS) is 10.9. The first-order valence-electron chi connectivity index (χ1n) is 9.87. The molecule has 3 aromatic rings. The third-order valence-electron chi connectivity index (χ3n) is 4.61. The van der Waals surface area contributed by atoms with Crippen LogP contribution in [0.4, 0.5) is 5.82 Å². The van der Waals surface area contributed by atoms with Crippen LogP contribution in [0.15, 0.2) is 34.9 Å². The Hall–Kier alpha value is -2.89. The van der Waals surface area contributed by atoms with Crippen molar-refractivity contribution in [3.05, 3.63) is 41.6 Å². The molecule has 0 bridgehead atoms. The van der Waals surface area contributed by atoms with E-state index in [9.17, 15) is 0 Å². The van der Waals surface area contributed by atoms with Gasteiger partial charge in [0.1, 0.15) is 11.6 Å². The average Bonchev–Trinajstić information content (AvgIpc) is 3.17. The Kier molecular flexibility index (Phi) is 6.29. The molecule has 2 heterocycles. The van der Waals surface area contributed by atoms with E-state index in [0.29, 0.717) is 18.3 Å². The Bertz CT molecular complexity index is 932. The van der Waals surface area contributed by atoms with E-state index in [0.717, 1.165) is 53.5 Å². The predicted molar refractivity (Wildman–Crippen MR) is 112 cm³/mol. The van der Waals surface area contributed by atoms with Crippen LogP contribution in [0.1, 0.15) is 38.4 Å². The lowest BCUT2D eigenvalue weighted by Gasteiger charge is -2.20. The van der Waals surface area contributed by atoms with Gasteiger partial charge in [0.15, 0.2) is 0 Å². The maximum absolute atomic E-state index is 5.70. The molecule has 0 unspecified atom stereocenters. The van der Waals surface area contributed by atoms with Crippen molar-refractivity contribution in [2.45, 2.75) is 41.0 Å². The first-order valence-corrected chi connectivity index (χ1v) is 9.87. The number of aryl methyl sites for hydroxylation is 2. The van der Waals surface area contributed by atoms with Crippen molar-refractivity contribution in [1.29, 1.82) is 0 Å². The van der Waals surface area contributed by atoms with Gasteiger partial charge in [-0.2, -0.15) is 4.98 Å². The summed E-state index contributed by atoms with van der Waals surface area (Å²) < 4.78 is 11.3. The molecular weight excluding hydrogens is 352 g/mol. The maximum atomic E-state index is 5.70. The summed E-state index contributed by atoms with van der Waals surface area (Å²) in [6.07, 6.45) is 0.982. The third-order valence-corrected chi connectivity index (χ3v) is 4.61. The molecule has 0 fully saturated rings. The van der Waals surface area contributed by atoms with Crippen LogP contribution >= 0.6 is 0 Å². The minimum atomic E-state index is 0.500. The summed E-state index contributed by atoms with van der Waals surface area (Å²) in [6.45, 7) is 12.8. The molecular formula is C22H28N4O2. The molecule has 3 rings (SSSR count). The van der Waals surface area contributed by atoms with Gasteiger partial charge in [0, 0.05) is 29.9 Å². The van der Waals surface area contributed by atoms with Gasteiger partial charge in [-0.3, -0.25) is 0 Å². The maximum Gasteiger partial charge on any atom is 0.258 e. The van der Waals surface area contributed by atoms with E-state index in [1.807, 2.05) is 44.2 Å². The summed E-state index contributed by atoms with van der Waals surface area (Å²) in [5.41, 5.74) is 3.80. The molecule has 0 radical (unpaired) electrons. The molecule has 6 heteroatoms. The Morgan fingerprint density at radius 3 is 2.46 bits per heavy atom. The SMILES string of the molecule is CCCOc1ccc(-c2noc(-c3cc(C)nc(N(CC)CC)c3)n2)c(C)c1. The van der Waals surface area contributed by atoms with E-state index >= 15 is 0 Å². The van der Waals surface area contributed by atoms with E-state index in [1.54, 1.807) is 0 Å². The van der Waals surface area contributed by atoms with Gasteiger partial charge in [-0.15, -0.1) is 0 Å². The smallest absolute Gasteiger partial charge is 0.258 e. The van der Waals surface area contributed by atoms with Gasteiger partial charge in [-0.05, 0) is 70.0 Å². The largest absolute Gasteiger partial charge is 0.494 e. The molecule has 148 valence electrons. The van der Waals surface area contributed by atoms with Crippen LogP contribution in [0, 0.1) is 13.8 Å². The van der Waals surface area contributed by atoms with Crippen molar-refractivity contribution < 1.29 is 9.26 Å². The molecule has 28 heavy (non-hydrogen) atoms. The monoisotopic (exact) mass is 380 g/mol. The van der Waals surface area contributed by atoms with Crippen molar-refractivity contribution >= 4 is 5.82 Å². The first-order chi connectivity index (χ1) is 13.5. The number of benzene rings is 1. The lowest BCUT2D eigenvalue weighted by molar-refractivity contribution is 0.317. The molecule has 2 aromatic heterocycles. The van der Waals surface area contributed by atoms with Crippen molar-refractivity contribution in [1.82, 2.24) is 15.1 Å². The van der Waals surface area contributed by atoms with Gasteiger partial charge in [0.05, 0.1) is 6.61 Å². The standard InChI is InChI=1S/C22H28N4O2/c1-6-11-27-18-9-10-19(15(4)12-18)21-24-22(28-25-21)17-13-16(5)23-20(14-17)26(7-2)8-3/h9-10,12-14H,6-8,11H2,1-5H3. The Balaban J connectivity index is 1.90. The lowest BCUT2D eigenvalue weighted by Crippen LogP contribution is -2.23. The number of nitrogens with zero attached hydrogens (tertiary/aromatic N) is 4. The molecule has 0 N–H and O–H groups in total. The van der Waals surface area contributed by atoms with E-state index in [-0.39, 0.29) is 0 Å². The highest BCUT2D eigenvalue weighted by Gasteiger charge is 2.15. The summed E-state index contributed by atoms with van der Waals surface area (Å²) in [5.74, 6) is 2.86. The van der Waals surface area contributed by atoms with Gasteiger partial charge >= 0.3 is 0 Å². The number of hydrogen-bond acceptors (Lipinski definition) is 6. The van der Waals surface area contributed by atoms with Crippen molar-refractivity contribution in [3.63, 3.8) is 0 Å². The summed E-state index contributed by atoms with van der Waals surface area (Å²) in [4.78, 5) is 11.5. The summed E-state index contributed by atoms with van der Waals surface area (Å²) in [5, 5.41) is 4.20. The molecule has 0 aliphatic heterocycles. The van der Waals surface area contributed by atoms with Gasteiger partial charge in [0.25, 0.3) is 5.89 Å². The van der Waals surface area contributed by atoms with Crippen LogP contribution in [0.25, 0.3) is 22.8 Å². The van der Waals surface area contributed by atoms with Crippen LogP contribution in [0.5, 0.6) is 5.75 Å². The van der Waals surface area contributed by atoms with Crippen molar-refractivity contribution in [2.75, 3.05) is 24.6 Å². The number of rotatable bonds is 8. The predicted octanol–water partition coefficient (Wildman–Crippen LogP) is 5.05. The Morgan fingerprint density at radius 2 is 1.79 bits per heavy atom. The van der Waals surface area contributed by atoms with Crippen molar-refractivity contribution in [2.24, 2.45) is 0 Å². The summed E-state index contributed by atoms with van der Waals surface area (Å²) in [7, 11) is 0. The van der Waals surface area contributed by atoms with E-state index in [2.05, 4.69) is 40.8 Å². The topological polar surface area (TPSA) is 64.3 Å². The molecule has 6 nitrogen and oxygen atoms in total. The van der Waals surface area contributed by atoms with Gasteiger partial charge in [-0.25, -0.2) is 4.98 Å². The van der Waals surface area contributed by atoms with Gasteiger partial charge in [0.2, 0.25) is 5.82 Å². The minimum Gasteiger partial charge on any atom is -0.494 e. The molecule has 0 amide bonds. The highest BCUT2D eigenvalue weighted by Crippen LogP contribution is 2.29. The quantitative estimate of drug-likeness (QED) is 0.545. The molecule has 0 saturated carbocycles. The fourth-order valence-corrected chi connectivity index (χ4v) is 3.13. The van der Waals surface area contributed by atoms with E-state index in [1.165, 1.54) is 0 Å². The Morgan fingerprint density at radius 1 is 1.00 bits per heavy atom. The minimum absolute atomic E-state index is 0.500. The Labute approximate surface area is 166 Å². The average molecular weight is 380 g/mol. The number of ether oxygens (including phenoxy) is 1. The zero-order valence-electron chi connectivity index (χ0n) is 17.3. The third kappa shape index (κ3) is 4.32. The zero-order chi connectivity index (χ0) is 20.1. The highest BCUT2D eigenvalue weighted by molar-refractivity contribution is 5.65. The number of hydrogen-bond donors (Lipinski definition) is 0. The fraction of sp³-hybridized carbons (Fsp3) is 0.409. The highest BCUT2D eigenvalue weighted by atomic mass is 16.5. The van der Waals surface area contributed by atoms with E-state index in [4.69, 9.17) is 9.26 Å². The second-order valence-electron chi connectivity index (χ2n) is 6.78.